The Hall–Kier alpha value is 0.540. The molecule has 2 unspecified atom stereocenters. The third-order valence-electron chi connectivity index (χ3n) is 6.52. The van der Waals surface area contributed by atoms with Crippen molar-refractivity contribution in [1.82, 2.24) is 0 Å². The molecular formula is C25H56O4P2. The summed E-state index contributed by atoms with van der Waals surface area (Å²) in [6.07, 6.45) is 24.5. The molecule has 0 aromatic rings. The van der Waals surface area contributed by atoms with Crippen LogP contribution in [0.5, 0.6) is 0 Å². The molecule has 0 aliphatic heterocycles. The van der Waals surface area contributed by atoms with Gasteiger partial charge >= 0.3 is 131 Å². The van der Waals surface area contributed by atoms with Gasteiger partial charge in [0.25, 0.3) is 0 Å². The number of hydrogen-bond acceptors (Lipinski definition) is 3. The summed E-state index contributed by atoms with van der Waals surface area (Å²) in [5.74, 6) is 0. The SMILES string of the molecule is CCCCCCCCCCCCCCCCCCCCOC(C)(O[PH](=O)O)[PH](C)(C)C. The van der Waals surface area contributed by atoms with Crippen molar-refractivity contribution in [2.24, 2.45) is 0 Å². The van der Waals surface area contributed by atoms with E-state index in [1.807, 2.05) is 6.92 Å². The second kappa shape index (κ2) is 20.0. The predicted molar refractivity (Wildman–Crippen MR) is 142 cm³/mol. The van der Waals surface area contributed by atoms with E-state index in [0.29, 0.717) is 6.61 Å². The Balaban J connectivity index is 3.42. The average molecular weight is 483 g/mol. The predicted octanol–water partition coefficient (Wildman–Crippen LogP) is 8.76. The van der Waals surface area contributed by atoms with Crippen molar-refractivity contribution in [3.8, 4) is 0 Å². The molecule has 0 aromatic carbocycles. The van der Waals surface area contributed by atoms with E-state index in [1.165, 1.54) is 103 Å². The molecule has 0 saturated carbocycles. The molecule has 0 bridgehead atoms. The van der Waals surface area contributed by atoms with Gasteiger partial charge < -0.3 is 0 Å². The molecule has 0 aliphatic carbocycles. The molecule has 190 valence electrons. The Bertz CT molecular complexity index is 426. The summed E-state index contributed by atoms with van der Waals surface area (Å²) in [6.45, 7) is 11.0. The van der Waals surface area contributed by atoms with Crippen LogP contribution in [0.2, 0.25) is 0 Å². The van der Waals surface area contributed by atoms with Gasteiger partial charge in [-0.2, -0.15) is 0 Å². The number of rotatable bonds is 23. The summed E-state index contributed by atoms with van der Waals surface area (Å²) in [5, 5.41) is 0. The summed E-state index contributed by atoms with van der Waals surface area (Å²) in [6, 6.07) is 0. The van der Waals surface area contributed by atoms with Gasteiger partial charge in [-0.05, 0) is 0 Å². The minimum absolute atomic E-state index is 0.606. The monoisotopic (exact) mass is 482 g/mol. The summed E-state index contributed by atoms with van der Waals surface area (Å²) < 4.78 is 22.4. The van der Waals surface area contributed by atoms with E-state index < -0.39 is 21.0 Å². The van der Waals surface area contributed by atoms with Crippen molar-refractivity contribution in [2.45, 2.75) is 135 Å². The standard InChI is InChI=1S/C25H56O4P2/c1-6-7-8-9-10-11-12-13-14-15-16-17-18-19-20-21-22-23-24-28-25(2,29-30(26)27)31(3,4)5/h30-31H,6-24H2,1-5H3,(H,26,27). The van der Waals surface area contributed by atoms with Crippen LogP contribution in [-0.2, 0) is 13.8 Å². The van der Waals surface area contributed by atoms with Crippen molar-refractivity contribution < 1.29 is 18.7 Å². The summed E-state index contributed by atoms with van der Waals surface area (Å²) in [5.41, 5.74) is -0.883. The first-order valence-electron chi connectivity index (χ1n) is 13.3. The Kier molecular flexibility index (Phi) is 20.3. The van der Waals surface area contributed by atoms with Gasteiger partial charge in [0.05, 0.1) is 0 Å². The van der Waals surface area contributed by atoms with Gasteiger partial charge in [-0.3, -0.25) is 0 Å². The fraction of sp³-hybridized carbons (Fsp3) is 1.00. The fourth-order valence-electron chi connectivity index (χ4n) is 3.84. The first-order chi connectivity index (χ1) is 14.7. The fourth-order valence-corrected chi connectivity index (χ4v) is 6.25. The van der Waals surface area contributed by atoms with Crippen LogP contribution in [-0.4, -0.2) is 37.0 Å². The van der Waals surface area contributed by atoms with Crippen LogP contribution in [0.1, 0.15) is 129 Å². The van der Waals surface area contributed by atoms with Crippen LogP contribution < -0.4 is 0 Å². The number of ether oxygens (including phenoxy) is 1. The average Bonchev–Trinajstić information content (AvgIpc) is 2.68. The van der Waals surface area contributed by atoms with E-state index in [1.54, 1.807) is 0 Å². The zero-order valence-corrected chi connectivity index (χ0v) is 23.6. The number of unbranched alkanes of at least 4 members (excludes halogenated alkanes) is 17. The van der Waals surface area contributed by atoms with E-state index >= 15 is 0 Å². The molecule has 0 aromatic heterocycles. The number of hydrogen-bond donors (Lipinski definition) is 1. The molecule has 4 nitrogen and oxygen atoms in total. The van der Waals surface area contributed by atoms with Crippen molar-refractivity contribution >= 4 is 15.5 Å². The Morgan fingerprint density at radius 3 is 1.29 bits per heavy atom. The molecule has 0 aliphatic rings. The van der Waals surface area contributed by atoms with E-state index in [2.05, 4.69) is 26.9 Å². The molecule has 6 heteroatoms. The van der Waals surface area contributed by atoms with Crippen molar-refractivity contribution in [3.63, 3.8) is 0 Å². The Morgan fingerprint density at radius 1 is 0.677 bits per heavy atom. The molecule has 31 heavy (non-hydrogen) atoms. The second-order valence-electron chi connectivity index (χ2n) is 10.4. The zero-order valence-electron chi connectivity index (χ0n) is 21.6. The molecule has 0 saturated heterocycles. The van der Waals surface area contributed by atoms with E-state index in [0.717, 1.165) is 12.8 Å². The summed E-state index contributed by atoms with van der Waals surface area (Å²) >= 11 is 0. The third kappa shape index (κ3) is 18.6. The molecular weight excluding hydrogens is 426 g/mol. The summed E-state index contributed by atoms with van der Waals surface area (Å²) in [7, 11) is -4.85. The maximum absolute atomic E-state index is 11.2. The first kappa shape index (κ1) is 31.5. The van der Waals surface area contributed by atoms with Crippen LogP contribution in [0.25, 0.3) is 0 Å². The third-order valence-corrected chi connectivity index (χ3v) is 10.3. The van der Waals surface area contributed by atoms with Gasteiger partial charge in [-0.25, -0.2) is 0 Å². The van der Waals surface area contributed by atoms with E-state index in [9.17, 15) is 9.46 Å². The van der Waals surface area contributed by atoms with E-state index in [4.69, 9.17) is 9.26 Å². The molecule has 0 heterocycles. The van der Waals surface area contributed by atoms with Gasteiger partial charge in [0.15, 0.2) is 0 Å². The van der Waals surface area contributed by atoms with Crippen LogP contribution in [0.3, 0.4) is 0 Å². The van der Waals surface area contributed by atoms with Gasteiger partial charge in [0.1, 0.15) is 0 Å². The molecule has 2 atom stereocenters. The maximum atomic E-state index is 11.2. The molecule has 0 radical (unpaired) electrons. The van der Waals surface area contributed by atoms with Crippen molar-refractivity contribution in [3.05, 3.63) is 0 Å². The molecule has 0 spiro atoms. The Labute approximate surface area is 195 Å². The van der Waals surface area contributed by atoms with E-state index in [-0.39, 0.29) is 0 Å². The van der Waals surface area contributed by atoms with Gasteiger partial charge in [0.2, 0.25) is 0 Å². The topological polar surface area (TPSA) is 55.8 Å². The zero-order chi connectivity index (χ0) is 23.4. The molecule has 0 fully saturated rings. The second-order valence-corrected chi connectivity index (χ2v) is 16.6. The summed E-state index contributed by atoms with van der Waals surface area (Å²) in [4.78, 5) is 9.18. The van der Waals surface area contributed by atoms with Crippen molar-refractivity contribution in [2.75, 3.05) is 26.6 Å². The molecule has 1 N–H and O–H groups in total. The Morgan fingerprint density at radius 2 is 1.00 bits per heavy atom. The quantitative estimate of drug-likeness (QED) is 0.0898. The first-order valence-corrected chi connectivity index (χ1v) is 18.0. The van der Waals surface area contributed by atoms with Crippen LogP contribution >= 0.6 is 15.5 Å². The van der Waals surface area contributed by atoms with Crippen molar-refractivity contribution in [1.29, 1.82) is 0 Å². The molecule has 0 rings (SSSR count). The van der Waals surface area contributed by atoms with Gasteiger partial charge in [0, 0.05) is 0 Å². The van der Waals surface area contributed by atoms with Crippen LogP contribution in [0.4, 0.5) is 0 Å². The van der Waals surface area contributed by atoms with Crippen LogP contribution in [0.15, 0.2) is 0 Å². The van der Waals surface area contributed by atoms with Crippen LogP contribution in [0, 0.1) is 0 Å². The minimum atomic E-state index is -2.99. The normalized spacial score (nSPS) is 15.7. The molecule has 0 amide bonds. The van der Waals surface area contributed by atoms with Gasteiger partial charge in [-0.1, -0.05) is 64.7 Å². The van der Waals surface area contributed by atoms with Gasteiger partial charge in [-0.15, -0.1) is 0 Å².